The Morgan fingerprint density at radius 2 is 1.04 bits per heavy atom. The minimum absolute atomic E-state index is 0.0307. The molecule has 10 heteroatoms. The Morgan fingerprint density at radius 3 is 1.50 bits per heavy atom. The van der Waals surface area contributed by atoms with E-state index in [0.29, 0.717) is 17.4 Å². The number of phosphoric acid groups is 1. The lowest BCUT2D eigenvalue weighted by molar-refractivity contribution is -0.870. The molecule has 0 radical (unpaired) electrons. The van der Waals surface area contributed by atoms with E-state index >= 15 is 0 Å². The van der Waals surface area contributed by atoms with Crippen LogP contribution in [0.25, 0.3) is 0 Å². The number of carbonyl (C=O) groups is 2. The van der Waals surface area contributed by atoms with E-state index in [9.17, 15) is 19.0 Å². The summed E-state index contributed by atoms with van der Waals surface area (Å²) in [6, 6.07) is 0. The van der Waals surface area contributed by atoms with Gasteiger partial charge in [0.2, 0.25) is 0 Å². The number of likely N-dealkylation sites (N-methyl/N-ethyl adjacent to an activating group) is 1. The maximum Gasteiger partial charge on any atom is 0.306 e. The predicted molar refractivity (Wildman–Crippen MR) is 222 cm³/mol. The standard InChI is InChI=1S/C44H84NO8P/c1-6-8-10-12-14-16-18-20-22-24-26-28-30-32-34-36-43(46)50-40-42(41-52-54(48,49)51-39-38-45(3,4)5)53-44(47)37-35-33-31-29-27-25-23-21-19-17-15-13-11-9-7-2/h7,16,18,42H,2,6,8-15,17,19-41H2,1,3-5H3/b18-16+/t42-/m1/s1. The van der Waals surface area contributed by atoms with Crippen LogP contribution in [0.4, 0.5) is 0 Å². The van der Waals surface area contributed by atoms with Gasteiger partial charge in [-0.25, -0.2) is 0 Å². The molecule has 9 nitrogen and oxygen atoms in total. The van der Waals surface area contributed by atoms with Gasteiger partial charge in [-0.1, -0.05) is 147 Å². The molecule has 0 fully saturated rings. The fourth-order valence-corrected chi connectivity index (χ4v) is 6.83. The van der Waals surface area contributed by atoms with Crippen LogP contribution in [0.15, 0.2) is 24.8 Å². The maximum atomic E-state index is 12.7. The third-order valence-corrected chi connectivity index (χ3v) is 10.6. The number of unbranched alkanes of at least 4 members (excludes halogenated alkanes) is 24. The first-order valence-electron chi connectivity index (χ1n) is 22.0. The van der Waals surface area contributed by atoms with Crippen LogP contribution in [0.5, 0.6) is 0 Å². The van der Waals surface area contributed by atoms with Crippen molar-refractivity contribution in [3.63, 3.8) is 0 Å². The van der Waals surface area contributed by atoms with Gasteiger partial charge in [0.15, 0.2) is 6.10 Å². The Balaban J connectivity index is 4.33. The van der Waals surface area contributed by atoms with Gasteiger partial charge in [0.25, 0.3) is 7.82 Å². The molecule has 318 valence electrons. The zero-order chi connectivity index (χ0) is 40.0. The van der Waals surface area contributed by atoms with Crippen molar-refractivity contribution in [2.75, 3.05) is 47.5 Å². The summed E-state index contributed by atoms with van der Waals surface area (Å²) in [4.78, 5) is 37.5. The minimum atomic E-state index is -4.62. The molecule has 0 rings (SSSR count). The second-order valence-electron chi connectivity index (χ2n) is 16.1. The van der Waals surface area contributed by atoms with Gasteiger partial charge in [0, 0.05) is 12.8 Å². The monoisotopic (exact) mass is 786 g/mol. The van der Waals surface area contributed by atoms with E-state index in [4.69, 9.17) is 18.5 Å². The summed E-state index contributed by atoms with van der Waals surface area (Å²) in [6.07, 6.45) is 38.0. The number of rotatable bonds is 41. The van der Waals surface area contributed by atoms with Crippen LogP contribution >= 0.6 is 7.82 Å². The quantitative estimate of drug-likeness (QED) is 0.0198. The SMILES string of the molecule is C=CCCCCCCCCCCCCCCCC(=O)O[C@H](COC(=O)CCCCCCCCC/C=C/CCCCCC)COP(=O)([O-])OCC[N+](C)(C)C. The number of esters is 2. The number of phosphoric ester groups is 1. The molecular weight excluding hydrogens is 701 g/mol. The lowest BCUT2D eigenvalue weighted by Gasteiger charge is -2.28. The highest BCUT2D eigenvalue weighted by atomic mass is 31.2. The zero-order valence-electron chi connectivity index (χ0n) is 35.5. The Labute approximate surface area is 332 Å². The Morgan fingerprint density at radius 1 is 0.611 bits per heavy atom. The summed E-state index contributed by atoms with van der Waals surface area (Å²) in [5.41, 5.74) is 0. The molecule has 0 saturated heterocycles. The number of carbonyl (C=O) groups excluding carboxylic acids is 2. The maximum absolute atomic E-state index is 12.7. The Bertz CT molecular complexity index is 967. The lowest BCUT2D eigenvalue weighted by Crippen LogP contribution is -2.37. The van der Waals surface area contributed by atoms with E-state index < -0.39 is 26.5 Å². The normalized spacial score (nSPS) is 13.6. The summed E-state index contributed by atoms with van der Waals surface area (Å²) < 4.78 is 33.9. The average Bonchev–Trinajstić information content (AvgIpc) is 3.12. The van der Waals surface area contributed by atoms with Crippen LogP contribution in [0, 0.1) is 0 Å². The molecule has 0 amide bonds. The van der Waals surface area contributed by atoms with Gasteiger partial charge in [-0.2, -0.15) is 0 Å². The molecule has 2 atom stereocenters. The van der Waals surface area contributed by atoms with Crippen molar-refractivity contribution >= 4 is 19.8 Å². The van der Waals surface area contributed by atoms with E-state index in [2.05, 4.69) is 25.7 Å². The third kappa shape index (κ3) is 40.2. The topological polar surface area (TPSA) is 111 Å². The molecule has 54 heavy (non-hydrogen) atoms. The van der Waals surface area contributed by atoms with Crippen LogP contribution in [0.1, 0.15) is 193 Å². The van der Waals surface area contributed by atoms with Crippen molar-refractivity contribution in [2.24, 2.45) is 0 Å². The fourth-order valence-electron chi connectivity index (χ4n) is 6.10. The second kappa shape index (κ2) is 37.1. The minimum Gasteiger partial charge on any atom is -0.756 e. The molecule has 0 spiro atoms. The van der Waals surface area contributed by atoms with Crippen molar-refractivity contribution in [2.45, 2.75) is 199 Å². The molecular formula is C44H84NO8P. The van der Waals surface area contributed by atoms with Gasteiger partial charge < -0.3 is 27.9 Å². The number of quaternary nitrogens is 1. The molecule has 0 aromatic rings. The summed E-state index contributed by atoms with van der Waals surface area (Å²) in [5, 5.41) is 0. The highest BCUT2D eigenvalue weighted by Crippen LogP contribution is 2.38. The molecule has 0 bridgehead atoms. The van der Waals surface area contributed by atoms with Gasteiger partial charge in [0.05, 0.1) is 27.7 Å². The number of allylic oxidation sites excluding steroid dienone is 3. The van der Waals surface area contributed by atoms with Crippen LogP contribution < -0.4 is 4.89 Å². The highest BCUT2D eigenvalue weighted by Gasteiger charge is 2.21. The molecule has 1 unspecified atom stereocenters. The average molecular weight is 786 g/mol. The van der Waals surface area contributed by atoms with Gasteiger partial charge in [0.1, 0.15) is 19.8 Å². The first-order valence-corrected chi connectivity index (χ1v) is 23.5. The van der Waals surface area contributed by atoms with Gasteiger partial charge in [-0.3, -0.25) is 14.2 Å². The molecule has 0 aromatic carbocycles. The number of ether oxygens (including phenoxy) is 2. The summed E-state index contributed by atoms with van der Waals surface area (Å²) in [7, 11) is 1.16. The van der Waals surface area contributed by atoms with Crippen LogP contribution in [0.2, 0.25) is 0 Å². The smallest absolute Gasteiger partial charge is 0.306 e. The molecule has 0 aliphatic rings. The summed E-state index contributed by atoms with van der Waals surface area (Å²) in [5.74, 6) is -0.837. The van der Waals surface area contributed by atoms with E-state index in [0.717, 1.165) is 57.8 Å². The van der Waals surface area contributed by atoms with Gasteiger partial charge >= 0.3 is 11.9 Å². The van der Waals surface area contributed by atoms with Crippen molar-refractivity contribution < 1.29 is 42.1 Å². The molecule has 0 N–H and O–H groups in total. The van der Waals surface area contributed by atoms with E-state index in [-0.39, 0.29) is 32.0 Å². The van der Waals surface area contributed by atoms with Crippen LogP contribution in [-0.2, 0) is 32.7 Å². The molecule has 0 aromatic heterocycles. The zero-order valence-corrected chi connectivity index (χ0v) is 36.4. The predicted octanol–water partition coefficient (Wildman–Crippen LogP) is 11.7. The lowest BCUT2D eigenvalue weighted by atomic mass is 10.0. The molecule has 0 saturated carbocycles. The number of hydrogen-bond acceptors (Lipinski definition) is 8. The first kappa shape index (κ1) is 52.5. The molecule has 0 aliphatic heterocycles. The van der Waals surface area contributed by atoms with Crippen molar-refractivity contribution in [3.05, 3.63) is 24.8 Å². The van der Waals surface area contributed by atoms with E-state index in [1.54, 1.807) is 0 Å². The van der Waals surface area contributed by atoms with E-state index in [1.807, 2.05) is 27.2 Å². The van der Waals surface area contributed by atoms with Gasteiger partial charge in [-0.15, -0.1) is 6.58 Å². The van der Waals surface area contributed by atoms with Gasteiger partial charge in [-0.05, 0) is 51.4 Å². The Kier molecular flexibility index (Phi) is 36.1. The van der Waals surface area contributed by atoms with Crippen LogP contribution in [-0.4, -0.2) is 70.0 Å². The highest BCUT2D eigenvalue weighted by molar-refractivity contribution is 7.45. The molecule has 0 aliphatic carbocycles. The molecule has 0 heterocycles. The fraction of sp³-hybridized carbons (Fsp3) is 0.864. The largest absolute Gasteiger partial charge is 0.756 e. The van der Waals surface area contributed by atoms with Crippen molar-refractivity contribution in [3.8, 4) is 0 Å². The Hall–Kier alpha value is -1.51. The van der Waals surface area contributed by atoms with Crippen molar-refractivity contribution in [1.29, 1.82) is 0 Å². The first-order chi connectivity index (χ1) is 26.0. The van der Waals surface area contributed by atoms with Crippen LogP contribution in [0.3, 0.4) is 0 Å². The second-order valence-corrected chi connectivity index (χ2v) is 17.6. The number of nitrogens with zero attached hydrogens (tertiary/aromatic N) is 1. The van der Waals surface area contributed by atoms with Crippen molar-refractivity contribution in [1.82, 2.24) is 0 Å². The summed E-state index contributed by atoms with van der Waals surface area (Å²) in [6.45, 7) is 5.74. The summed E-state index contributed by atoms with van der Waals surface area (Å²) >= 11 is 0. The third-order valence-electron chi connectivity index (χ3n) is 9.59. The number of hydrogen-bond donors (Lipinski definition) is 0. The van der Waals surface area contributed by atoms with E-state index in [1.165, 1.54) is 109 Å².